The van der Waals surface area contributed by atoms with E-state index in [0.717, 1.165) is 18.9 Å². The number of hydrogen-bond acceptors (Lipinski definition) is 5. The molecule has 1 aromatic heterocycles. The number of halogens is 4. The summed E-state index contributed by atoms with van der Waals surface area (Å²) in [5.41, 5.74) is -0.887. The van der Waals surface area contributed by atoms with Gasteiger partial charge in [0.25, 0.3) is 0 Å². The van der Waals surface area contributed by atoms with Gasteiger partial charge in [0.1, 0.15) is 11.6 Å². The van der Waals surface area contributed by atoms with E-state index < -0.39 is 29.0 Å². The summed E-state index contributed by atoms with van der Waals surface area (Å²) < 4.78 is 65.8. The summed E-state index contributed by atoms with van der Waals surface area (Å²) in [5, 5.41) is 11.3. The number of amides is 1. The number of hydrogen-bond donors (Lipinski definition) is 1. The van der Waals surface area contributed by atoms with Crippen LogP contribution >= 0.6 is 0 Å². The van der Waals surface area contributed by atoms with E-state index in [9.17, 15) is 18.0 Å². The molecule has 1 amide bonds. The summed E-state index contributed by atoms with van der Waals surface area (Å²) in [4.78, 5) is 16.7. The maximum absolute atomic E-state index is 15.0. The largest absolute Gasteiger partial charge is 0.493 e. The zero-order valence-electron chi connectivity index (χ0n) is 20.3. The monoisotopic (exact) mass is 515 g/mol. The highest BCUT2D eigenvalue weighted by atomic mass is 19.4. The molecule has 10 heteroatoms. The molecule has 1 heterocycles. The van der Waals surface area contributed by atoms with Crippen molar-refractivity contribution in [2.75, 3.05) is 18.5 Å². The van der Waals surface area contributed by atoms with Crippen molar-refractivity contribution in [3.63, 3.8) is 0 Å². The Morgan fingerprint density at radius 3 is 2.51 bits per heavy atom. The second kappa shape index (κ2) is 12.2. The molecule has 194 valence electrons. The van der Waals surface area contributed by atoms with Crippen molar-refractivity contribution in [1.82, 2.24) is 4.98 Å². The number of rotatable bonds is 10. The van der Waals surface area contributed by atoms with Crippen LogP contribution in [0.4, 0.5) is 23.2 Å². The molecule has 0 radical (unpaired) electrons. The Balaban J connectivity index is 1.77. The van der Waals surface area contributed by atoms with Crippen molar-refractivity contribution in [1.29, 1.82) is 5.26 Å². The highest BCUT2D eigenvalue weighted by Gasteiger charge is 2.34. The van der Waals surface area contributed by atoms with Crippen molar-refractivity contribution in [2.24, 2.45) is 0 Å². The normalized spacial score (nSPS) is 11.1. The van der Waals surface area contributed by atoms with Gasteiger partial charge in [-0.25, -0.2) is 9.37 Å². The topological polar surface area (TPSA) is 84.2 Å². The van der Waals surface area contributed by atoms with Gasteiger partial charge in [0.2, 0.25) is 11.8 Å². The van der Waals surface area contributed by atoms with Gasteiger partial charge in [-0.15, -0.1) is 0 Å². The average molecular weight is 516 g/mol. The number of anilines is 1. The molecule has 0 saturated heterocycles. The van der Waals surface area contributed by atoms with Crippen LogP contribution in [-0.4, -0.2) is 24.1 Å². The number of ether oxygens (including phenoxy) is 2. The van der Waals surface area contributed by atoms with E-state index >= 15 is 4.39 Å². The number of alkyl halides is 3. The Bertz CT molecular complexity index is 1300. The molecule has 2 aromatic carbocycles. The van der Waals surface area contributed by atoms with Crippen molar-refractivity contribution >= 4 is 11.6 Å². The van der Waals surface area contributed by atoms with Gasteiger partial charge in [-0.1, -0.05) is 25.5 Å². The smallest absolute Gasteiger partial charge is 0.417 e. The SMILES string of the molecule is CCCCOc1cc(OCC)c(-c2ccc(CC(=O)Nc3ccc(C#N)c(C(F)(F)F)c3)cc2F)cn1. The number of carbonyl (C=O) groups excluding carboxylic acids is 1. The first kappa shape index (κ1) is 27.5. The maximum atomic E-state index is 15.0. The van der Waals surface area contributed by atoms with Gasteiger partial charge in [-0.3, -0.25) is 4.79 Å². The van der Waals surface area contributed by atoms with Crippen LogP contribution in [0.2, 0.25) is 0 Å². The molecule has 0 aliphatic heterocycles. The number of carbonyl (C=O) groups is 1. The molecule has 1 N–H and O–H groups in total. The lowest BCUT2D eigenvalue weighted by Gasteiger charge is -2.14. The lowest BCUT2D eigenvalue weighted by Crippen LogP contribution is -2.16. The molecule has 0 bridgehead atoms. The fourth-order valence-corrected chi connectivity index (χ4v) is 3.53. The lowest BCUT2D eigenvalue weighted by atomic mass is 10.0. The van der Waals surface area contributed by atoms with Gasteiger partial charge in [0.05, 0.1) is 36.8 Å². The fraction of sp³-hybridized carbons (Fsp3) is 0.296. The summed E-state index contributed by atoms with van der Waals surface area (Å²) in [6.07, 6.45) is -1.74. The summed E-state index contributed by atoms with van der Waals surface area (Å²) in [6, 6.07) is 10.2. The van der Waals surface area contributed by atoms with Crippen LogP contribution in [0.25, 0.3) is 11.1 Å². The van der Waals surface area contributed by atoms with Crippen LogP contribution < -0.4 is 14.8 Å². The van der Waals surface area contributed by atoms with Crippen molar-refractivity contribution in [3.8, 4) is 28.8 Å². The van der Waals surface area contributed by atoms with E-state index in [2.05, 4.69) is 10.3 Å². The molecule has 0 aliphatic rings. The Kier molecular flexibility index (Phi) is 9.06. The number of unbranched alkanes of at least 4 members (excludes halogenated alkanes) is 1. The number of benzene rings is 2. The van der Waals surface area contributed by atoms with E-state index in [1.54, 1.807) is 19.1 Å². The van der Waals surface area contributed by atoms with Crippen LogP contribution in [-0.2, 0) is 17.4 Å². The van der Waals surface area contributed by atoms with E-state index in [-0.39, 0.29) is 17.7 Å². The first-order valence-corrected chi connectivity index (χ1v) is 11.6. The molecular formula is C27H25F4N3O3. The molecule has 37 heavy (non-hydrogen) atoms. The highest BCUT2D eigenvalue weighted by Crippen LogP contribution is 2.35. The number of nitriles is 1. The van der Waals surface area contributed by atoms with Crippen LogP contribution in [0.1, 0.15) is 43.4 Å². The van der Waals surface area contributed by atoms with E-state index in [0.29, 0.717) is 42.0 Å². The zero-order chi connectivity index (χ0) is 27.0. The molecule has 0 atom stereocenters. The molecule has 0 unspecified atom stereocenters. The van der Waals surface area contributed by atoms with Gasteiger partial charge in [0.15, 0.2) is 0 Å². The molecular weight excluding hydrogens is 490 g/mol. The van der Waals surface area contributed by atoms with Crippen LogP contribution in [0.5, 0.6) is 11.6 Å². The second-order valence-corrected chi connectivity index (χ2v) is 8.06. The van der Waals surface area contributed by atoms with E-state index in [1.807, 2.05) is 6.92 Å². The third-order valence-electron chi connectivity index (χ3n) is 5.31. The van der Waals surface area contributed by atoms with E-state index in [1.165, 1.54) is 30.5 Å². The van der Waals surface area contributed by atoms with Gasteiger partial charge in [-0.05, 0) is 43.2 Å². The molecule has 0 fully saturated rings. The van der Waals surface area contributed by atoms with Gasteiger partial charge in [-0.2, -0.15) is 18.4 Å². The van der Waals surface area contributed by atoms with Crippen LogP contribution in [0, 0.1) is 17.1 Å². The molecule has 0 spiro atoms. The van der Waals surface area contributed by atoms with Crippen molar-refractivity contribution in [3.05, 3.63) is 71.2 Å². The van der Waals surface area contributed by atoms with Crippen molar-refractivity contribution < 1.29 is 31.8 Å². The first-order valence-electron chi connectivity index (χ1n) is 11.6. The third kappa shape index (κ3) is 7.19. The number of nitrogens with zero attached hydrogens (tertiary/aromatic N) is 2. The standard InChI is InChI=1S/C27H25F4N3O3/c1-3-5-10-37-26-14-24(36-4-2)21(16-33-26)20-9-6-17(11-23(20)28)12-25(35)34-19-8-7-18(15-32)22(13-19)27(29,30)31/h6-9,11,13-14,16H,3-5,10,12H2,1-2H3,(H,34,35). The van der Waals surface area contributed by atoms with Crippen molar-refractivity contribution in [2.45, 2.75) is 39.3 Å². The Morgan fingerprint density at radius 2 is 1.86 bits per heavy atom. The minimum Gasteiger partial charge on any atom is -0.493 e. The number of pyridine rings is 1. The zero-order valence-corrected chi connectivity index (χ0v) is 20.3. The summed E-state index contributed by atoms with van der Waals surface area (Å²) in [5.74, 6) is -0.499. The third-order valence-corrected chi connectivity index (χ3v) is 5.31. The molecule has 6 nitrogen and oxygen atoms in total. The van der Waals surface area contributed by atoms with E-state index in [4.69, 9.17) is 14.7 Å². The fourth-order valence-electron chi connectivity index (χ4n) is 3.53. The molecule has 0 aliphatic carbocycles. The second-order valence-electron chi connectivity index (χ2n) is 8.06. The quantitative estimate of drug-likeness (QED) is 0.245. The van der Waals surface area contributed by atoms with Crippen LogP contribution in [0.15, 0.2) is 48.7 Å². The summed E-state index contributed by atoms with van der Waals surface area (Å²) in [6.45, 7) is 4.68. The Morgan fingerprint density at radius 1 is 1.08 bits per heavy atom. The maximum Gasteiger partial charge on any atom is 0.417 e. The predicted molar refractivity (Wildman–Crippen MR) is 130 cm³/mol. The number of aromatic nitrogens is 1. The minimum atomic E-state index is -4.75. The molecule has 3 rings (SSSR count). The molecule has 3 aromatic rings. The Hall–Kier alpha value is -4.13. The Labute approximate surface area is 211 Å². The summed E-state index contributed by atoms with van der Waals surface area (Å²) >= 11 is 0. The highest BCUT2D eigenvalue weighted by molar-refractivity contribution is 5.92. The lowest BCUT2D eigenvalue weighted by molar-refractivity contribution is -0.137. The van der Waals surface area contributed by atoms with Gasteiger partial charge in [0, 0.05) is 29.1 Å². The summed E-state index contributed by atoms with van der Waals surface area (Å²) in [7, 11) is 0. The van der Waals surface area contributed by atoms with Crippen LogP contribution in [0.3, 0.4) is 0 Å². The molecule has 0 saturated carbocycles. The first-order chi connectivity index (χ1) is 17.7. The average Bonchev–Trinajstić information content (AvgIpc) is 2.84. The predicted octanol–water partition coefficient (Wildman–Crippen LogP) is 6.54. The number of nitrogens with one attached hydrogen (secondary N) is 1. The van der Waals surface area contributed by atoms with Gasteiger partial charge < -0.3 is 14.8 Å². The van der Waals surface area contributed by atoms with Gasteiger partial charge >= 0.3 is 6.18 Å². The minimum absolute atomic E-state index is 0.123.